The molecule has 296 valence electrons. The summed E-state index contributed by atoms with van der Waals surface area (Å²) in [6, 6.07) is 84.6. The predicted octanol–water partition coefficient (Wildman–Crippen LogP) is 16.8. The van der Waals surface area contributed by atoms with Gasteiger partial charge in [0.1, 0.15) is 11.2 Å². The van der Waals surface area contributed by atoms with Crippen LogP contribution in [0.3, 0.4) is 0 Å². The fourth-order valence-corrected chi connectivity index (χ4v) is 9.51. The number of rotatable bonds is 8. The fourth-order valence-electron chi connectivity index (χ4n) is 9.51. The Morgan fingerprint density at radius 1 is 0.317 bits per heavy atom. The highest BCUT2D eigenvalue weighted by Crippen LogP contribution is 2.44. The van der Waals surface area contributed by atoms with Crippen molar-refractivity contribution in [1.29, 1.82) is 0 Å². The highest BCUT2D eigenvalue weighted by Gasteiger charge is 2.19. The van der Waals surface area contributed by atoms with Crippen LogP contribution < -0.4 is 5.32 Å². The van der Waals surface area contributed by atoms with Gasteiger partial charge in [0.2, 0.25) is 0 Å². The molecule has 0 atom stereocenters. The van der Waals surface area contributed by atoms with Gasteiger partial charge in [-0.05, 0) is 99.6 Å². The summed E-state index contributed by atoms with van der Waals surface area (Å²) in [6.07, 6.45) is 0. The third-order valence-electron chi connectivity index (χ3n) is 12.4. The summed E-state index contributed by atoms with van der Waals surface area (Å²) in [6.45, 7) is 0. The van der Waals surface area contributed by atoms with Crippen LogP contribution in [0.2, 0.25) is 0 Å². The molecule has 63 heavy (non-hydrogen) atoms. The minimum absolute atomic E-state index is 0.869. The maximum atomic E-state index is 6.75. The van der Waals surface area contributed by atoms with E-state index in [1.807, 2.05) is 6.07 Å². The minimum Gasteiger partial charge on any atom is -0.455 e. The highest BCUT2D eigenvalue weighted by molar-refractivity contribution is 6.13. The van der Waals surface area contributed by atoms with Crippen molar-refractivity contribution in [2.45, 2.75) is 0 Å². The Hall–Kier alpha value is -8.40. The molecule has 2 heterocycles. The monoisotopic (exact) mass is 804 g/mol. The average Bonchev–Trinajstić information content (AvgIpc) is 3.90. The van der Waals surface area contributed by atoms with Crippen LogP contribution in [0.1, 0.15) is 0 Å². The van der Waals surface area contributed by atoms with E-state index < -0.39 is 0 Å². The second-order valence-electron chi connectivity index (χ2n) is 16.1. The molecule has 0 saturated carbocycles. The second-order valence-corrected chi connectivity index (χ2v) is 16.1. The number of anilines is 2. The molecule has 0 aliphatic rings. The first-order valence-corrected chi connectivity index (χ1v) is 21.5. The van der Waals surface area contributed by atoms with Gasteiger partial charge in [-0.15, -0.1) is 0 Å². The summed E-state index contributed by atoms with van der Waals surface area (Å²) in [4.78, 5) is 0. The van der Waals surface area contributed by atoms with Crippen LogP contribution in [0.4, 0.5) is 11.4 Å². The van der Waals surface area contributed by atoms with E-state index in [-0.39, 0.29) is 0 Å². The van der Waals surface area contributed by atoms with Crippen LogP contribution >= 0.6 is 0 Å². The van der Waals surface area contributed by atoms with Crippen molar-refractivity contribution in [2.24, 2.45) is 0 Å². The first-order chi connectivity index (χ1) is 31.2. The highest BCUT2D eigenvalue weighted by atomic mass is 16.3. The minimum atomic E-state index is 0.869. The molecule has 1 N–H and O–H groups in total. The van der Waals surface area contributed by atoms with Crippen molar-refractivity contribution in [3.05, 3.63) is 237 Å². The van der Waals surface area contributed by atoms with Gasteiger partial charge in [0.25, 0.3) is 0 Å². The Labute approximate surface area is 365 Å². The molecule has 10 aromatic carbocycles. The van der Waals surface area contributed by atoms with Gasteiger partial charge in [-0.2, -0.15) is 0 Å². The first-order valence-electron chi connectivity index (χ1n) is 21.5. The molecule has 0 unspecified atom stereocenters. The molecule has 0 saturated heterocycles. The van der Waals surface area contributed by atoms with Crippen LogP contribution in [0.5, 0.6) is 0 Å². The number of nitrogens with one attached hydrogen (secondary N) is 1. The molecule has 0 aliphatic heterocycles. The molecule has 3 heteroatoms. The number of fused-ring (bicyclic) bond motifs is 6. The summed E-state index contributed by atoms with van der Waals surface area (Å²) < 4.78 is 9.15. The number of furan rings is 1. The van der Waals surface area contributed by atoms with Gasteiger partial charge in [-0.25, -0.2) is 0 Å². The molecule has 12 aromatic rings. The zero-order chi connectivity index (χ0) is 41.7. The standard InChI is InChI=1S/C60H40N2O/c1-2-18-40(19-3-1)46-24-4-5-25-47(46)42-21-16-20-41(36-42)44-38-53(60-54(39-44)52-30-10-15-35-59(52)63-60)49-27-6-11-31-55(49)61-45-23-17-22-43(37-45)48-26-7-12-32-56(48)62-57-33-13-8-28-50(57)51-29-9-14-34-58(51)62/h1-39,61H. The Morgan fingerprint density at radius 3 is 1.65 bits per heavy atom. The van der Waals surface area contributed by atoms with E-state index in [1.165, 1.54) is 44.1 Å². The lowest BCUT2D eigenvalue weighted by Gasteiger charge is -2.17. The number of hydrogen-bond acceptors (Lipinski definition) is 2. The number of hydrogen-bond donors (Lipinski definition) is 1. The molecule has 0 amide bonds. The maximum absolute atomic E-state index is 6.75. The molecule has 0 radical (unpaired) electrons. The number of aromatic nitrogens is 1. The molecule has 0 aliphatic carbocycles. The summed E-state index contributed by atoms with van der Waals surface area (Å²) in [5.41, 5.74) is 18.7. The van der Waals surface area contributed by atoms with Crippen molar-refractivity contribution < 1.29 is 4.42 Å². The smallest absolute Gasteiger partial charge is 0.143 e. The van der Waals surface area contributed by atoms with E-state index in [1.54, 1.807) is 0 Å². The van der Waals surface area contributed by atoms with Crippen molar-refractivity contribution >= 4 is 55.1 Å². The van der Waals surface area contributed by atoms with E-state index >= 15 is 0 Å². The lowest BCUT2D eigenvalue weighted by atomic mass is 9.91. The topological polar surface area (TPSA) is 30.1 Å². The first kappa shape index (κ1) is 36.5. The van der Waals surface area contributed by atoms with Gasteiger partial charge in [-0.3, -0.25) is 0 Å². The van der Waals surface area contributed by atoms with Gasteiger partial charge in [0.15, 0.2) is 0 Å². The lowest BCUT2D eigenvalue weighted by molar-refractivity contribution is 0.670. The largest absolute Gasteiger partial charge is 0.455 e. The van der Waals surface area contributed by atoms with E-state index in [4.69, 9.17) is 4.42 Å². The second kappa shape index (κ2) is 15.3. The van der Waals surface area contributed by atoms with Gasteiger partial charge in [0.05, 0.1) is 16.7 Å². The lowest BCUT2D eigenvalue weighted by Crippen LogP contribution is -1.98. The summed E-state index contributed by atoms with van der Waals surface area (Å²) >= 11 is 0. The molecular weight excluding hydrogens is 765 g/mol. The third-order valence-corrected chi connectivity index (χ3v) is 12.4. The number of nitrogens with zero attached hydrogens (tertiary/aromatic N) is 1. The maximum Gasteiger partial charge on any atom is 0.143 e. The summed E-state index contributed by atoms with van der Waals surface area (Å²) in [7, 11) is 0. The van der Waals surface area contributed by atoms with Crippen LogP contribution in [-0.4, -0.2) is 4.57 Å². The van der Waals surface area contributed by atoms with Crippen molar-refractivity contribution in [1.82, 2.24) is 4.57 Å². The van der Waals surface area contributed by atoms with E-state index in [9.17, 15) is 0 Å². The Balaban J connectivity index is 0.966. The van der Waals surface area contributed by atoms with Crippen LogP contribution in [0.25, 0.3) is 105 Å². The van der Waals surface area contributed by atoms with Gasteiger partial charge < -0.3 is 14.3 Å². The van der Waals surface area contributed by atoms with Crippen molar-refractivity contribution in [2.75, 3.05) is 5.32 Å². The van der Waals surface area contributed by atoms with Gasteiger partial charge in [-0.1, -0.05) is 176 Å². The average molecular weight is 805 g/mol. The van der Waals surface area contributed by atoms with Crippen LogP contribution in [0, 0.1) is 0 Å². The SMILES string of the molecule is c1ccc(-c2ccccc2-c2cccc(-c3cc(-c4ccccc4Nc4cccc(-c5ccccc5-n5c6ccccc6c6ccccc65)c4)c4oc5ccccc5c4c3)c2)cc1. The number of benzene rings is 10. The fraction of sp³-hybridized carbons (Fsp3) is 0. The molecule has 0 fully saturated rings. The van der Waals surface area contributed by atoms with E-state index in [0.717, 1.165) is 72.4 Å². The molecule has 0 bridgehead atoms. The molecular formula is C60H40N2O. The molecule has 2 aromatic heterocycles. The predicted molar refractivity (Wildman–Crippen MR) is 265 cm³/mol. The summed E-state index contributed by atoms with van der Waals surface area (Å²) in [5, 5.41) is 8.54. The van der Waals surface area contributed by atoms with E-state index in [0.29, 0.717) is 0 Å². The van der Waals surface area contributed by atoms with Gasteiger partial charge in [0, 0.05) is 49.6 Å². The summed E-state index contributed by atoms with van der Waals surface area (Å²) in [5.74, 6) is 0. The van der Waals surface area contributed by atoms with E-state index in [2.05, 4.69) is 240 Å². The molecule has 0 spiro atoms. The Morgan fingerprint density at radius 2 is 0.873 bits per heavy atom. The van der Waals surface area contributed by atoms with Crippen molar-refractivity contribution in [3.63, 3.8) is 0 Å². The zero-order valence-electron chi connectivity index (χ0n) is 34.4. The normalized spacial score (nSPS) is 11.5. The zero-order valence-corrected chi connectivity index (χ0v) is 34.4. The Bertz CT molecular complexity index is 3610. The Kier molecular flexibility index (Phi) is 8.83. The van der Waals surface area contributed by atoms with Crippen LogP contribution in [-0.2, 0) is 0 Å². The van der Waals surface area contributed by atoms with Crippen LogP contribution in [0.15, 0.2) is 241 Å². The molecule has 12 rings (SSSR count). The van der Waals surface area contributed by atoms with Crippen molar-refractivity contribution in [3.8, 4) is 61.3 Å². The van der Waals surface area contributed by atoms with Gasteiger partial charge >= 0.3 is 0 Å². The third kappa shape index (κ3) is 6.38. The quantitative estimate of drug-likeness (QED) is 0.166. The number of para-hydroxylation sites is 5. The molecule has 3 nitrogen and oxygen atoms in total.